The Morgan fingerprint density at radius 3 is 2.44 bits per heavy atom. The first kappa shape index (κ1) is 23.9. The number of aryl methyl sites for hydroxylation is 2. The Morgan fingerprint density at radius 1 is 1.09 bits per heavy atom. The fraction of sp³-hybridized carbons (Fsp3) is 0.423. The minimum atomic E-state index is -1.12. The summed E-state index contributed by atoms with van der Waals surface area (Å²) in [4.78, 5) is 39.0. The van der Waals surface area contributed by atoms with Crippen molar-refractivity contribution in [2.75, 3.05) is 26.3 Å². The van der Waals surface area contributed by atoms with Gasteiger partial charge in [0, 0.05) is 12.0 Å². The minimum Gasteiger partial charge on any atom is -0.480 e. The van der Waals surface area contributed by atoms with E-state index >= 15 is 0 Å². The van der Waals surface area contributed by atoms with Crippen molar-refractivity contribution in [3.05, 3.63) is 58.1 Å². The molecule has 2 N–H and O–H groups in total. The highest BCUT2D eigenvalue weighted by atomic mass is 16.7. The van der Waals surface area contributed by atoms with Crippen molar-refractivity contribution < 1.29 is 29.0 Å². The van der Waals surface area contributed by atoms with Crippen LogP contribution in [0.3, 0.4) is 0 Å². The van der Waals surface area contributed by atoms with Gasteiger partial charge in [-0.2, -0.15) is 0 Å². The summed E-state index contributed by atoms with van der Waals surface area (Å²) in [5.74, 6) is -3.06. The molecule has 34 heavy (non-hydrogen) atoms. The van der Waals surface area contributed by atoms with Crippen LogP contribution in [0.4, 0.5) is 0 Å². The van der Waals surface area contributed by atoms with Gasteiger partial charge in [-0.25, -0.2) is 4.79 Å². The summed E-state index contributed by atoms with van der Waals surface area (Å²) in [6.45, 7) is 8.36. The first-order valence-electron chi connectivity index (χ1n) is 11.4. The van der Waals surface area contributed by atoms with E-state index in [4.69, 9.17) is 9.47 Å². The molecule has 1 spiro atoms. The third-order valence-electron chi connectivity index (χ3n) is 6.77. The molecule has 2 aromatic carbocycles. The number of benzene rings is 2. The highest BCUT2D eigenvalue weighted by Crippen LogP contribution is 2.35. The van der Waals surface area contributed by atoms with E-state index in [2.05, 4.69) is 11.4 Å². The van der Waals surface area contributed by atoms with Crippen molar-refractivity contribution in [2.45, 2.75) is 45.9 Å². The number of carbonyl (C=O) groups excluding carboxylic acids is 2. The predicted molar refractivity (Wildman–Crippen MR) is 126 cm³/mol. The van der Waals surface area contributed by atoms with E-state index in [-0.39, 0.29) is 25.4 Å². The summed E-state index contributed by atoms with van der Waals surface area (Å²) >= 11 is 0. The van der Waals surface area contributed by atoms with Crippen LogP contribution in [0, 0.1) is 27.7 Å². The van der Waals surface area contributed by atoms with Crippen LogP contribution >= 0.6 is 0 Å². The molecule has 2 aliphatic heterocycles. The molecule has 8 nitrogen and oxygen atoms in total. The Hall–Kier alpha value is -3.23. The third-order valence-corrected chi connectivity index (χ3v) is 6.77. The number of amides is 2. The first-order chi connectivity index (χ1) is 16.1. The van der Waals surface area contributed by atoms with Crippen LogP contribution in [-0.4, -0.2) is 65.9 Å². The second kappa shape index (κ2) is 9.19. The van der Waals surface area contributed by atoms with Crippen LogP contribution in [0.25, 0.3) is 11.1 Å². The lowest BCUT2D eigenvalue weighted by Crippen LogP contribution is -2.46. The van der Waals surface area contributed by atoms with E-state index in [1.54, 1.807) is 0 Å². The monoisotopic (exact) mass is 466 g/mol. The highest BCUT2D eigenvalue weighted by molar-refractivity contribution is 6.00. The van der Waals surface area contributed by atoms with E-state index in [0.29, 0.717) is 18.8 Å². The molecule has 8 heteroatoms. The smallest absolute Gasteiger partial charge is 0.326 e. The van der Waals surface area contributed by atoms with Gasteiger partial charge in [0.05, 0.1) is 26.3 Å². The number of carboxylic acid groups (broad SMARTS) is 1. The summed E-state index contributed by atoms with van der Waals surface area (Å²) < 4.78 is 11.2. The molecule has 0 unspecified atom stereocenters. The number of hydrogen-bond donors (Lipinski definition) is 2. The van der Waals surface area contributed by atoms with Gasteiger partial charge in [0.25, 0.3) is 5.91 Å². The molecular weight excluding hydrogens is 436 g/mol. The lowest BCUT2D eigenvalue weighted by molar-refractivity contribution is -0.152. The number of aliphatic carboxylic acids is 1. The van der Waals surface area contributed by atoms with Crippen LogP contribution in [0.2, 0.25) is 0 Å². The molecular formula is C26H30N2O6. The standard InChI is InChI=1S/C26H30N2O6/c1-15-6-5-7-19(10-15)23-17(3)16(2)11-20(18(23)4)24(30)27-13-22(29)28-14-26(33-8-9-34-26)12-21(28)25(31)32/h5-7,10-11,21H,8-9,12-14H2,1-4H3,(H,27,30)(H,31,32)/t21-/m0/s1. The van der Waals surface area contributed by atoms with Crippen LogP contribution in [0.15, 0.2) is 30.3 Å². The Kier molecular flexibility index (Phi) is 6.47. The fourth-order valence-electron chi connectivity index (χ4n) is 4.90. The second-order valence-electron chi connectivity index (χ2n) is 9.11. The molecule has 0 aromatic heterocycles. The third kappa shape index (κ3) is 4.43. The zero-order valence-corrected chi connectivity index (χ0v) is 19.9. The van der Waals surface area contributed by atoms with Crippen molar-refractivity contribution in [3.8, 4) is 11.1 Å². The highest BCUT2D eigenvalue weighted by Gasteiger charge is 2.52. The van der Waals surface area contributed by atoms with Gasteiger partial charge in [-0.3, -0.25) is 9.59 Å². The van der Waals surface area contributed by atoms with Crippen molar-refractivity contribution >= 4 is 17.8 Å². The largest absolute Gasteiger partial charge is 0.480 e. The number of nitrogens with zero attached hydrogens (tertiary/aromatic N) is 1. The van der Waals surface area contributed by atoms with E-state index < -0.39 is 23.7 Å². The number of carboxylic acids is 1. The molecule has 2 heterocycles. The van der Waals surface area contributed by atoms with Gasteiger partial charge in [0.2, 0.25) is 5.91 Å². The molecule has 0 radical (unpaired) electrons. The Balaban J connectivity index is 1.53. The van der Waals surface area contributed by atoms with Gasteiger partial charge < -0.3 is 24.8 Å². The lowest BCUT2D eigenvalue weighted by atomic mass is 9.88. The van der Waals surface area contributed by atoms with Gasteiger partial charge in [0.1, 0.15) is 6.04 Å². The molecule has 4 rings (SSSR count). The van der Waals surface area contributed by atoms with E-state index in [1.165, 1.54) is 4.90 Å². The molecule has 180 valence electrons. The van der Waals surface area contributed by atoms with Gasteiger partial charge in [0.15, 0.2) is 5.79 Å². The van der Waals surface area contributed by atoms with Crippen molar-refractivity contribution in [2.24, 2.45) is 0 Å². The molecule has 2 aromatic rings. The van der Waals surface area contributed by atoms with Gasteiger partial charge in [-0.1, -0.05) is 29.8 Å². The summed E-state index contributed by atoms with van der Waals surface area (Å²) in [6, 6.07) is 8.90. The quantitative estimate of drug-likeness (QED) is 0.702. The SMILES string of the molecule is Cc1cccc(-c2c(C)c(C)cc(C(=O)NCC(=O)N3CC4(C[C@H]3C(=O)O)OCCO4)c2C)c1. The van der Waals surface area contributed by atoms with Crippen LogP contribution in [0.5, 0.6) is 0 Å². The molecule has 1 atom stereocenters. The average molecular weight is 467 g/mol. The predicted octanol–water partition coefficient (Wildman–Crippen LogP) is 2.75. The molecule has 0 aliphatic carbocycles. The number of ether oxygens (including phenoxy) is 2. The summed E-state index contributed by atoms with van der Waals surface area (Å²) in [6.07, 6.45) is 0.0676. The Morgan fingerprint density at radius 2 is 1.79 bits per heavy atom. The zero-order chi connectivity index (χ0) is 24.6. The second-order valence-corrected chi connectivity index (χ2v) is 9.11. The summed E-state index contributed by atoms with van der Waals surface area (Å²) in [5.41, 5.74) is 6.55. The van der Waals surface area contributed by atoms with Crippen molar-refractivity contribution in [1.82, 2.24) is 10.2 Å². The molecule has 2 fully saturated rings. The maximum atomic E-state index is 13.1. The Labute approximate surface area is 198 Å². The number of rotatable bonds is 5. The number of hydrogen-bond acceptors (Lipinski definition) is 5. The molecule has 2 amide bonds. The van der Waals surface area contributed by atoms with Crippen LogP contribution in [-0.2, 0) is 19.1 Å². The molecule has 2 aliphatic rings. The van der Waals surface area contributed by atoms with Gasteiger partial charge >= 0.3 is 5.97 Å². The van der Waals surface area contributed by atoms with E-state index in [9.17, 15) is 19.5 Å². The first-order valence-corrected chi connectivity index (χ1v) is 11.4. The number of nitrogens with one attached hydrogen (secondary N) is 1. The zero-order valence-electron chi connectivity index (χ0n) is 19.9. The molecule has 2 saturated heterocycles. The van der Waals surface area contributed by atoms with Crippen LogP contribution in [0.1, 0.15) is 39.0 Å². The number of carbonyl (C=O) groups is 3. The summed E-state index contributed by atoms with van der Waals surface area (Å²) in [7, 11) is 0. The van der Waals surface area contributed by atoms with E-state index in [1.807, 2.05) is 52.0 Å². The minimum absolute atomic E-state index is 0.0266. The topological polar surface area (TPSA) is 105 Å². The maximum absolute atomic E-state index is 13.1. The Bertz CT molecular complexity index is 1150. The lowest BCUT2D eigenvalue weighted by Gasteiger charge is -2.23. The molecule has 0 bridgehead atoms. The van der Waals surface area contributed by atoms with Crippen molar-refractivity contribution in [1.29, 1.82) is 0 Å². The van der Waals surface area contributed by atoms with Gasteiger partial charge in [-0.05, 0) is 61.6 Å². The maximum Gasteiger partial charge on any atom is 0.326 e. The van der Waals surface area contributed by atoms with Crippen molar-refractivity contribution in [3.63, 3.8) is 0 Å². The molecule has 0 saturated carbocycles. The normalized spacial score (nSPS) is 18.9. The van der Waals surface area contributed by atoms with Crippen LogP contribution < -0.4 is 5.32 Å². The fourth-order valence-corrected chi connectivity index (χ4v) is 4.90. The van der Waals surface area contributed by atoms with E-state index in [0.717, 1.165) is 33.4 Å². The average Bonchev–Trinajstić information content (AvgIpc) is 3.42. The van der Waals surface area contributed by atoms with Gasteiger partial charge in [-0.15, -0.1) is 0 Å². The number of likely N-dealkylation sites (tertiary alicyclic amines) is 1. The summed E-state index contributed by atoms with van der Waals surface area (Å²) in [5, 5.41) is 12.3.